The first-order chi connectivity index (χ1) is 13.5. The van der Waals surface area contributed by atoms with Crippen LogP contribution in [-0.4, -0.2) is 28.7 Å². The van der Waals surface area contributed by atoms with Crippen molar-refractivity contribution in [2.24, 2.45) is 0 Å². The number of fused-ring (bicyclic) bond motifs is 1. The van der Waals surface area contributed by atoms with Gasteiger partial charge in [0, 0.05) is 23.2 Å². The highest BCUT2D eigenvalue weighted by atomic mass is 16.2. The van der Waals surface area contributed by atoms with E-state index >= 15 is 0 Å². The number of para-hydroxylation sites is 1. The molecule has 28 heavy (non-hydrogen) atoms. The number of aromatic amines is 1. The Bertz CT molecular complexity index is 1020. The number of benzene rings is 2. The zero-order valence-corrected chi connectivity index (χ0v) is 15.2. The van der Waals surface area contributed by atoms with Crippen molar-refractivity contribution in [3.05, 3.63) is 78.0 Å². The van der Waals surface area contributed by atoms with Gasteiger partial charge in [-0.05, 0) is 24.6 Å². The average Bonchev–Trinajstić information content (AvgIpc) is 3.15. The Labute approximate surface area is 161 Å². The smallest absolute Gasteiger partial charge is 0.271 e. The predicted octanol–water partition coefficient (Wildman–Crippen LogP) is 2.15. The van der Waals surface area contributed by atoms with Crippen molar-refractivity contribution in [2.45, 2.75) is 13.0 Å². The molecular weight excluding hydrogens is 356 g/mol. The van der Waals surface area contributed by atoms with Gasteiger partial charge in [-0.25, -0.2) is 0 Å². The van der Waals surface area contributed by atoms with Gasteiger partial charge in [0.25, 0.3) is 11.8 Å². The summed E-state index contributed by atoms with van der Waals surface area (Å²) in [6.07, 6.45) is 4.58. The zero-order chi connectivity index (χ0) is 19.9. The highest BCUT2D eigenvalue weighted by molar-refractivity contribution is 6.07. The Morgan fingerprint density at radius 2 is 1.68 bits per heavy atom. The van der Waals surface area contributed by atoms with Crippen LogP contribution >= 0.6 is 0 Å². The van der Waals surface area contributed by atoms with E-state index in [1.807, 2.05) is 54.6 Å². The minimum absolute atomic E-state index is 0.408. The standard InChI is InChI=1S/C21H20N4O3/c1-14(23-19(26)12-11-15-7-3-2-4-8-15)20(27)24-25-21(28)17-13-22-18-10-6-5-9-16(17)18/h2-14,22H,1H3,(H,23,26)(H,24,27)(H,25,28)/b12-11+. The van der Waals surface area contributed by atoms with Crippen molar-refractivity contribution in [1.29, 1.82) is 0 Å². The molecule has 1 unspecified atom stereocenters. The number of carbonyl (C=O) groups excluding carboxylic acids is 3. The van der Waals surface area contributed by atoms with Gasteiger partial charge < -0.3 is 10.3 Å². The molecule has 0 aliphatic rings. The third-order valence-corrected chi connectivity index (χ3v) is 4.11. The fourth-order valence-electron chi connectivity index (χ4n) is 2.62. The summed E-state index contributed by atoms with van der Waals surface area (Å²) < 4.78 is 0. The average molecular weight is 376 g/mol. The second kappa shape index (κ2) is 8.68. The van der Waals surface area contributed by atoms with E-state index in [9.17, 15) is 14.4 Å². The summed E-state index contributed by atoms with van der Waals surface area (Å²) >= 11 is 0. The minimum Gasteiger partial charge on any atom is -0.360 e. The van der Waals surface area contributed by atoms with Gasteiger partial charge in [0.05, 0.1) is 5.56 Å². The third kappa shape index (κ3) is 4.64. The molecule has 3 rings (SSSR count). The van der Waals surface area contributed by atoms with Crippen LogP contribution < -0.4 is 16.2 Å². The second-order valence-corrected chi connectivity index (χ2v) is 6.17. The van der Waals surface area contributed by atoms with Crippen molar-refractivity contribution < 1.29 is 14.4 Å². The predicted molar refractivity (Wildman–Crippen MR) is 107 cm³/mol. The number of hydrazine groups is 1. The van der Waals surface area contributed by atoms with E-state index < -0.39 is 23.8 Å². The van der Waals surface area contributed by atoms with Crippen LogP contribution in [0.2, 0.25) is 0 Å². The molecule has 1 heterocycles. The summed E-state index contributed by atoms with van der Waals surface area (Å²) in [5, 5.41) is 3.29. The van der Waals surface area contributed by atoms with Crippen LogP contribution in [0.3, 0.4) is 0 Å². The molecule has 1 atom stereocenters. The molecule has 0 saturated carbocycles. The zero-order valence-electron chi connectivity index (χ0n) is 15.2. The van der Waals surface area contributed by atoms with Gasteiger partial charge in [-0.1, -0.05) is 48.5 Å². The molecule has 1 aromatic heterocycles. The number of hydrogen-bond donors (Lipinski definition) is 4. The van der Waals surface area contributed by atoms with Gasteiger partial charge in [0.1, 0.15) is 6.04 Å². The van der Waals surface area contributed by atoms with Gasteiger partial charge in [-0.3, -0.25) is 25.2 Å². The van der Waals surface area contributed by atoms with E-state index in [0.29, 0.717) is 5.56 Å². The normalized spacial score (nSPS) is 11.9. The molecule has 3 aromatic rings. The Kier molecular flexibility index (Phi) is 5.86. The van der Waals surface area contributed by atoms with Gasteiger partial charge in [0.15, 0.2) is 0 Å². The summed E-state index contributed by atoms with van der Waals surface area (Å²) in [5.41, 5.74) is 6.80. The van der Waals surface area contributed by atoms with Gasteiger partial charge in [-0.15, -0.1) is 0 Å². The fourth-order valence-corrected chi connectivity index (χ4v) is 2.62. The molecule has 0 bridgehead atoms. The van der Waals surface area contributed by atoms with Crippen LogP contribution in [0, 0.1) is 0 Å². The van der Waals surface area contributed by atoms with E-state index in [-0.39, 0.29) is 0 Å². The molecule has 0 spiro atoms. The van der Waals surface area contributed by atoms with E-state index in [1.165, 1.54) is 13.0 Å². The molecule has 0 saturated heterocycles. The summed E-state index contributed by atoms with van der Waals surface area (Å²) in [5.74, 6) is -1.39. The van der Waals surface area contributed by atoms with Crippen LogP contribution in [0.5, 0.6) is 0 Å². The van der Waals surface area contributed by atoms with Gasteiger partial charge in [-0.2, -0.15) is 0 Å². The number of aromatic nitrogens is 1. The maximum atomic E-state index is 12.3. The number of hydrogen-bond acceptors (Lipinski definition) is 3. The number of amides is 3. The van der Waals surface area contributed by atoms with E-state index in [2.05, 4.69) is 21.2 Å². The van der Waals surface area contributed by atoms with Crippen molar-refractivity contribution in [3.63, 3.8) is 0 Å². The molecule has 0 radical (unpaired) electrons. The largest absolute Gasteiger partial charge is 0.360 e. The van der Waals surface area contributed by atoms with Crippen LogP contribution in [0.1, 0.15) is 22.8 Å². The Morgan fingerprint density at radius 3 is 2.46 bits per heavy atom. The van der Waals surface area contributed by atoms with Gasteiger partial charge >= 0.3 is 0 Å². The van der Waals surface area contributed by atoms with Crippen LogP contribution in [0.15, 0.2) is 66.9 Å². The first-order valence-electron chi connectivity index (χ1n) is 8.74. The van der Waals surface area contributed by atoms with Crippen molar-refractivity contribution >= 4 is 34.7 Å². The molecule has 0 fully saturated rings. The molecule has 7 nitrogen and oxygen atoms in total. The highest BCUT2D eigenvalue weighted by Gasteiger charge is 2.17. The quantitative estimate of drug-likeness (QED) is 0.405. The lowest BCUT2D eigenvalue weighted by Crippen LogP contribution is -2.50. The van der Waals surface area contributed by atoms with Crippen LogP contribution in [-0.2, 0) is 9.59 Å². The van der Waals surface area contributed by atoms with Crippen molar-refractivity contribution in [2.75, 3.05) is 0 Å². The molecule has 142 valence electrons. The minimum atomic E-state index is -0.823. The Hall–Kier alpha value is -3.87. The van der Waals surface area contributed by atoms with E-state index in [1.54, 1.807) is 12.3 Å². The maximum absolute atomic E-state index is 12.3. The van der Waals surface area contributed by atoms with Crippen molar-refractivity contribution in [3.8, 4) is 0 Å². The summed E-state index contributed by atoms with van der Waals surface area (Å²) in [7, 11) is 0. The number of rotatable bonds is 5. The van der Waals surface area contributed by atoms with Crippen LogP contribution in [0.4, 0.5) is 0 Å². The lowest BCUT2D eigenvalue weighted by atomic mass is 10.2. The number of nitrogens with one attached hydrogen (secondary N) is 4. The number of H-pyrrole nitrogens is 1. The molecule has 2 aromatic carbocycles. The van der Waals surface area contributed by atoms with E-state index in [0.717, 1.165) is 16.5 Å². The monoisotopic (exact) mass is 376 g/mol. The van der Waals surface area contributed by atoms with Crippen LogP contribution in [0.25, 0.3) is 17.0 Å². The summed E-state index contributed by atoms with van der Waals surface area (Å²) in [6, 6.07) is 15.9. The van der Waals surface area contributed by atoms with Gasteiger partial charge in [0.2, 0.25) is 5.91 Å². The van der Waals surface area contributed by atoms with E-state index in [4.69, 9.17) is 0 Å². The maximum Gasteiger partial charge on any atom is 0.271 e. The lowest BCUT2D eigenvalue weighted by molar-refractivity contribution is -0.127. The molecule has 0 aliphatic heterocycles. The summed E-state index contributed by atoms with van der Waals surface area (Å²) in [6.45, 7) is 1.53. The molecule has 3 amide bonds. The second-order valence-electron chi connectivity index (χ2n) is 6.17. The molecule has 7 heteroatoms. The topological polar surface area (TPSA) is 103 Å². The lowest BCUT2D eigenvalue weighted by Gasteiger charge is -2.13. The molecule has 4 N–H and O–H groups in total. The van der Waals surface area contributed by atoms with Crippen molar-refractivity contribution in [1.82, 2.24) is 21.2 Å². The third-order valence-electron chi connectivity index (χ3n) is 4.11. The highest BCUT2D eigenvalue weighted by Crippen LogP contribution is 2.17. The summed E-state index contributed by atoms with van der Waals surface area (Å²) in [4.78, 5) is 39.3. The first kappa shape index (κ1) is 18.9. The number of carbonyl (C=O) groups is 3. The first-order valence-corrected chi connectivity index (χ1v) is 8.74. The Balaban J connectivity index is 1.50. The molecular formula is C21H20N4O3. The molecule has 0 aliphatic carbocycles. The fraction of sp³-hybridized carbons (Fsp3) is 0.0952. The Morgan fingerprint density at radius 1 is 0.964 bits per heavy atom. The SMILES string of the molecule is CC(NC(=O)/C=C/c1ccccc1)C(=O)NNC(=O)c1c[nH]c2ccccc12.